The topological polar surface area (TPSA) is 92.8 Å². The number of benzene rings is 1. The molecule has 1 N–H and O–H groups in total. The molecule has 7 heteroatoms. The number of rotatable bonds is 7. The minimum Gasteiger partial charge on any atom is -0.462 e. The van der Waals surface area contributed by atoms with Crippen LogP contribution in [0, 0.1) is 35.5 Å². The van der Waals surface area contributed by atoms with E-state index in [1.807, 2.05) is 6.92 Å². The van der Waals surface area contributed by atoms with Crippen molar-refractivity contribution in [1.82, 2.24) is 4.90 Å². The van der Waals surface area contributed by atoms with Crippen LogP contribution in [0.25, 0.3) is 0 Å². The number of likely N-dealkylation sites (tertiary alicyclic amines) is 1. The van der Waals surface area contributed by atoms with E-state index in [4.69, 9.17) is 4.74 Å². The van der Waals surface area contributed by atoms with Crippen molar-refractivity contribution in [3.05, 3.63) is 42.0 Å². The molecule has 1 aromatic rings. The van der Waals surface area contributed by atoms with Crippen molar-refractivity contribution in [2.45, 2.75) is 26.2 Å². The van der Waals surface area contributed by atoms with Gasteiger partial charge in [-0.25, -0.2) is 4.79 Å². The molecule has 0 spiro atoms. The lowest BCUT2D eigenvalue weighted by Gasteiger charge is -2.37. The van der Waals surface area contributed by atoms with Gasteiger partial charge in [0.15, 0.2) is 0 Å². The number of nitrogens with zero attached hydrogens (tertiary/aromatic N) is 1. The minimum absolute atomic E-state index is 0.0484. The zero-order chi connectivity index (χ0) is 21.7. The van der Waals surface area contributed by atoms with Gasteiger partial charge in [0.2, 0.25) is 17.7 Å². The lowest BCUT2D eigenvalue weighted by atomic mass is 9.63. The Balaban J connectivity index is 1.16. The van der Waals surface area contributed by atoms with Gasteiger partial charge in [-0.3, -0.25) is 19.3 Å². The third kappa shape index (κ3) is 3.36. The van der Waals surface area contributed by atoms with Gasteiger partial charge in [-0.15, -0.1) is 0 Å². The summed E-state index contributed by atoms with van der Waals surface area (Å²) in [4.78, 5) is 51.4. The molecule has 31 heavy (non-hydrogen) atoms. The van der Waals surface area contributed by atoms with Crippen molar-refractivity contribution in [2.75, 3.05) is 18.5 Å². The molecule has 0 radical (unpaired) electrons. The molecular formula is C24H26N2O5. The van der Waals surface area contributed by atoms with Crippen LogP contribution in [0.15, 0.2) is 36.4 Å². The van der Waals surface area contributed by atoms with E-state index >= 15 is 0 Å². The smallest absolute Gasteiger partial charge is 0.338 e. The maximum absolute atomic E-state index is 12.9. The summed E-state index contributed by atoms with van der Waals surface area (Å²) in [5, 5.41) is 2.76. The molecule has 2 saturated carbocycles. The number of esters is 1. The molecule has 3 amide bonds. The summed E-state index contributed by atoms with van der Waals surface area (Å²) in [6, 6.07) is 6.47. The first kappa shape index (κ1) is 20.0. The van der Waals surface area contributed by atoms with Gasteiger partial charge in [-0.1, -0.05) is 19.1 Å². The number of hydrogen-bond acceptors (Lipinski definition) is 5. The van der Waals surface area contributed by atoms with E-state index in [1.54, 1.807) is 24.3 Å². The summed E-state index contributed by atoms with van der Waals surface area (Å²) in [5.74, 6) is 0.176. The van der Waals surface area contributed by atoms with Crippen molar-refractivity contribution in [3.8, 4) is 0 Å². The van der Waals surface area contributed by atoms with Crippen LogP contribution < -0.4 is 5.32 Å². The normalized spacial score (nSPS) is 32.0. The van der Waals surface area contributed by atoms with E-state index in [1.165, 1.54) is 4.90 Å². The van der Waals surface area contributed by atoms with Gasteiger partial charge < -0.3 is 10.1 Å². The zero-order valence-corrected chi connectivity index (χ0v) is 17.5. The number of imide groups is 1. The molecule has 6 atom stereocenters. The Morgan fingerprint density at radius 1 is 1.03 bits per heavy atom. The monoisotopic (exact) mass is 422 g/mol. The standard InChI is InChI=1S/C24H26N2O5/c1-2-11-31-24(30)13-3-5-14(6-4-13)25-19(27)9-10-26-22(28)20-15-7-8-16(18-12-17(15)18)21(20)23(26)29/h3-8,15-18,20-21H,2,9-12H2,1H3,(H,25,27)/t15-,16-,17-,18-,20+,21+/m1/s1. The molecule has 0 aromatic heterocycles. The third-order valence-corrected chi connectivity index (χ3v) is 7.16. The van der Waals surface area contributed by atoms with E-state index in [0.717, 1.165) is 12.8 Å². The molecule has 0 unspecified atom stereocenters. The molecule has 1 aliphatic heterocycles. The summed E-state index contributed by atoms with van der Waals surface area (Å²) in [6.07, 6.45) is 6.22. The van der Waals surface area contributed by atoms with Crippen LogP contribution in [0.2, 0.25) is 0 Å². The summed E-state index contributed by atoms with van der Waals surface area (Å²) in [6.45, 7) is 2.39. The van der Waals surface area contributed by atoms with Gasteiger partial charge in [0.1, 0.15) is 0 Å². The van der Waals surface area contributed by atoms with Gasteiger partial charge in [-0.05, 0) is 60.8 Å². The molecule has 7 nitrogen and oxygen atoms in total. The quantitative estimate of drug-likeness (QED) is 0.414. The predicted molar refractivity (Wildman–Crippen MR) is 112 cm³/mol. The van der Waals surface area contributed by atoms with Gasteiger partial charge in [-0.2, -0.15) is 0 Å². The maximum Gasteiger partial charge on any atom is 0.338 e. The summed E-state index contributed by atoms with van der Waals surface area (Å²) in [7, 11) is 0. The first-order valence-corrected chi connectivity index (χ1v) is 11.1. The van der Waals surface area contributed by atoms with Crippen molar-refractivity contribution < 1.29 is 23.9 Å². The number of amides is 3. The molecule has 6 rings (SSSR count). The first-order chi connectivity index (χ1) is 15.0. The second-order valence-corrected chi connectivity index (χ2v) is 8.99. The maximum atomic E-state index is 12.9. The molecule has 4 aliphatic carbocycles. The van der Waals surface area contributed by atoms with Crippen LogP contribution in [0.3, 0.4) is 0 Å². The Kier molecular flexibility index (Phi) is 4.91. The van der Waals surface area contributed by atoms with Crippen molar-refractivity contribution in [1.29, 1.82) is 0 Å². The number of hydrogen-bond donors (Lipinski definition) is 1. The van der Waals surface area contributed by atoms with Gasteiger partial charge in [0.25, 0.3) is 0 Å². The summed E-state index contributed by atoms with van der Waals surface area (Å²) >= 11 is 0. The Morgan fingerprint density at radius 2 is 1.65 bits per heavy atom. The molecular weight excluding hydrogens is 396 g/mol. The number of allylic oxidation sites excluding steroid dienone is 2. The SMILES string of the molecule is CCCOC(=O)c1ccc(NC(=O)CCN2C(=O)[C@H]3[C@@H]4C=C[C@H]([C@H]5C[C@H]45)[C@@H]3C2=O)cc1. The highest BCUT2D eigenvalue weighted by Gasteiger charge is 2.66. The summed E-state index contributed by atoms with van der Waals surface area (Å²) in [5.41, 5.74) is 0.968. The van der Waals surface area contributed by atoms with Gasteiger partial charge >= 0.3 is 5.97 Å². The summed E-state index contributed by atoms with van der Waals surface area (Å²) < 4.78 is 5.08. The van der Waals surface area contributed by atoms with Crippen LogP contribution in [0.4, 0.5) is 5.69 Å². The first-order valence-electron chi connectivity index (χ1n) is 11.1. The Bertz CT molecular complexity index is 933. The van der Waals surface area contributed by atoms with Crippen LogP contribution in [0.5, 0.6) is 0 Å². The zero-order valence-electron chi connectivity index (χ0n) is 17.5. The lowest BCUT2D eigenvalue weighted by molar-refractivity contribution is -0.140. The molecule has 1 heterocycles. The van der Waals surface area contributed by atoms with Gasteiger partial charge in [0, 0.05) is 18.7 Å². The second-order valence-electron chi connectivity index (χ2n) is 8.99. The van der Waals surface area contributed by atoms with E-state index in [9.17, 15) is 19.2 Å². The Hall–Kier alpha value is -2.96. The van der Waals surface area contributed by atoms with Crippen molar-refractivity contribution in [2.24, 2.45) is 35.5 Å². The predicted octanol–water partition coefficient (Wildman–Crippen LogP) is 2.64. The molecule has 1 saturated heterocycles. The van der Waals surface area contributed by atoms with E-state index in [2.05, 4.69) is 17.5 Å². The highest BCUT2D eigenvalue weighted by atomic mass is 16.5. The average molecular weight is 422 g/mol. The fourth-order valence-electron chi connectivity index (χ4n) is 5.64. The van der Waals surface area contributed by atoms with Crippen LogP contribution in [-0.4, -0.2) is 41.7 Å². The highest BCUT2D eigenvalue weighted by Crippen LogP contribution is 2.65. The Labute approximate surface area is 180 Å². The molecule has 5 aliphatic rings. The third-order valence-electron chi connectivity index (χ3n) is 7.16. The number of carbonyl (C=O) groups excluding carboxylic acids is 4. The molecule has 3 fully saturated rings. The van der Waals surface area contributed by atoms with Crippen molar-refractivity contribution in [3.63, 3.8) is 0 Å². The number of anilines is 1. The van der Waals surface area contributed by atoms with E-state index < -0.39 is 5.97 Å². The number of ether oxygens (including phenoxy) is 1. The second kappa shape index (κ2) is 7.62. The van der Waals surface area contributed by atoms with Crippen LogP contribution in [-0.2, 0) is 19.1 Å². The molecule has 162 valence electrons. The largest absolute Gasteiger partial charge is 0.462 e. The Morgan fingerprint density at radius 3 is 2.23 bits per heavy atom. The van der Waals surface area contributed by atoms with E-state index in [-0.39, 0.29) is 54.4 Å². The number of carbonyl (C=O) groups is 4. The van der Waals surface area contributed by atoms with Crippen LogP contribution in [0.1, 0.15) is 36.5 Å². The fraction of sp³-hybridized carbons (Fsp3) is 0.500. The van der Waals surface area contributed by atoms with E-state index in [0.29, 0.717) is 29.7 Å². The highest BCUT2D eigenvalue weighted by molar-refractivity contribution is 6.06. The number of nitrogens with one attached hydrogen (secondary N) is 1. The van der Waals surface area contributed by atoms with Gasteiger partial charge in [0.05, 0.1) is 24.0 Å². The minimum atomic E-state index is -0.395. The lowest BCUT2D eigenvalue weighted by Crippen LogP contribution is -2.40. The van der Waals surface area contributed by atoms with Crippen molar-refractivity contribution >= 4 is 29.4 Å². The fourth-order valence-corrected chi connectivity index (χ4v) is 5.64. The van der Waals surface area contributed by atoms with Crippen LogP contribution >= 0.6 is 0 Å². The molecule has 1 aromatic carbocycles. The molecule has 2 bridgehead atoms. The average Bonchev–Trinajstić information content (AvgIpc) is 3.56.